The van der Waals surface area contributed by atoms with Crippen molar-refractivity contribution < 1.29 is 4.39 Å². The fourth-order valence-corrected chi connectivity index (χ4v) is 3.40. The molecule has 0 aliphatic carbocycles. The van der Waals surface area contributed by atoms with Crippen molar-refractivity contribution in [1.29, 1.82) is 0 Å². The Balaban J connectivity index is 1.52. The SMILES string of the molecule is Fc1ccccc1CCN1CCN2CCCCC2C1. The average molecular weight is 262 g/mol. The van der Waals surface area contributed by atoms with Crippen molar-refractivity contribution in [1.82, 2.24) is 9.80 Å². The number of fused-ring (bicyclic) bond motifs is 1. The van der Waals surface area contributed by atoms with E-state index in [1.54, 1.807) is 12.1 Å². The van der Waals surface area contributed by atoms with Crippen molar-refractivity contribution >= 4 is 0 Å². The summed E-state index contributed by atoms with van der Waals surface area (Å²) in [5.41, 5.74) is 0.855. The van der Waals surface area contributed by atoms with Gasteiger partial charge in [-0.25, -0.2) is 4.39 Å². The van der Waals surface area contributed by atoms with E-state index in [0.717, 1.165) is 31.1 Å². The zero-order chi connectivity index (χ0) is 13.1. The van der Waals surface area contributed by atoms with Crippen molar-refractivity contribution in [3.05, 3.63) is 35.6 Å². The molecule has 1 atom stereocenters. The molecule has 104 valence electrons. The number of rotatable bonds is 3. The van der Waals surface area contributed by atoms with Crippen LogP contribution < -0.4 is 0 Å². The third kappa shape index (κ3) is 3.15. The maximum absolute atomic E-state index is 13.6. The highest BCUT2D eigenvalue weighted by Crippen LogP contribution is 2.21. The van der Waals surface area contributed by atoms with Crippen molar-refractivity contribution in [2.45, 2.75) is 31.7 Å². The summed E-state index contributed by atoms with van der Waals surface area (Å²) in [4.78, 5) is 5.15. The summed E-state index contributed by atoms with van der Waals surface area (Å²) in [7, 11) is 0. The second-order valence-electron chi connectivity index (χ2n) is 5.83. The fraction of sp³-hybridized carbons (Fsp3) is 0.625. The molecule has 0 bridgehead atoms. The predicted octanol–water partition coefficient (Wildman–Crippen LogP) is 2.54. The second kappa shape index (κ2) is 6.02. The molecule has 0 aromatic heterocycles. The lowest BCUT2D eigenvalue weighted by atomic mass is 9.99. The van der Waals surface area contributed by atoms with E-state index >= 15 is 0 Å². The van der Waals surface area contributed by atoms with Gasteiger partial charge in [0.25, 0.3) is 0 Å². The van der Waals surface area contributed by atoms with Gasteiger partial charge in [0.1, 0.15) is 5.82 Å². The molecule has 19 heavy (non-hydrogen) atoms. The molecule has 0 N–H and O–H groups in total. The molecule has 2 nitrogen and oxygen atoms in total. The van der Waals surface area contributed by atoms with E-state index in [9.17, 15) is 4.39 Å². The lowest BCUT2D eigenvalue weighted by Gasteiger charge is -2.44. The second-order valence-corrected chi connectivity index (χ2v) is 5.83. The minimum atomic E-state index is -0.0567. The topological polar surface area (TPSA) is 6.48 Å². The van der Waals surface area contributed by atoms with Crippen molar-refractivity contribution in [3.63, 3.8) is 0 Å². The van der Waals surface area contributed by atoms with Gasteiger partial charge in [0.05, 0.1) is 0 Å². The largest absolute Gasteiger partial charge is 0.300 e. The number of piperidine rings is 1. The number of hydrogen-bond acceptors (Lipinski definition) is 2. The standard InChI is InChI=1S/C16H23FN2/c17-16-7-2-1-5-14(16)8-10-18-11-12-19-9-4-3-6-15(19)13-18/h1-2,5,7,15H,3-4,6,8-13H2. The number of halogens is 1. The van der Waals surface area contributed by atoms with Gasteiger partial charge in [-0.2, -0.15) is 0 Å². The molecule has 1 aromatic carbocycles. The molecule has 0 radical (unpaired) electrons. The van der Waals surface area contributed by atoms with Crippen LogP contribution in [0, 0.1) is 5.82 Å². The van der Waals surface area contributed by atoms with Crippen LogP contribution in [0.5, 0.6) is 0 Å². The number of benzene rings is 1. The van der Waals surface area contributed by atoms with Crippen LogP contribution in [0.1, 0.15) is 24.8 Å². The normalized spacial score (nSPS) is 25.2. The third-order valence-electron chi connectivity index (χ3n) is 4.58. The lowest BCUT2D eigenvalue weighted by molar-refractivity contribution is 0.0499. The molecule has 2 heterocycles. The average Bonchev–Trinajstić information content (AvgIpc) is 2.46. The summed E-state index contributed by atoms with van der Waals surface area (Å²) in [6.45, 7) is 5.79. The molecule has 2 fully saturated rings. The quantitative estimate of drug-likeness (QED) is 0.826. The van der Waals surface area contributed by atoms with Crippen LogP contribution in [0.2, 0.25) is 0 Å². The Morgan fingerprint density at radius 3 is 2.89 bits per heavy atom. The first kappa shape index (κ1) is 13.1. The zero-order valence-electron chi connectivity index (χ0n) is 11.5. The lowest BCUT2D eigenvalue weighted by Crippen LogP contribution is -2.55. The summed E-state index contributed by atoms with van der Waals surface area (Å²) in [6.07, 6.45) is 4.92. The van der Waals surface area contributed by atoms with Gasteiger partial charge < -0.3 is 4.90 Å². The number of nitrogens with zero attached hydrogens (tertiary/aromatic N) is 2. The van der Waals surface area contributed by atoms with Gasteiger partial charge in [-0.3, -0.25) is 4.90 Å². The minimum Gasteiger partial charge on any atom is -0.300 e. The molecule has 0 spiro atoms. The Morgan fingerprint density at radius 2 is 2.00 bits per heavy atom. The van der Waals surface area contributed by atoms with Crippen LogP contribution in [-0.4, -0.2) is 48.6 Å². The highest BCUT2D eigenvalue weighted by atomic mass is 19.1. The van der Waals surface area contributed by atoms with Gasteiger partial charge in [0, 0.05) is 32.2 Å². The molecule has 2 aliphatic rings. The summed E-state index contributed by atoms with van der Waals surface area (Å²) in [6, 6.07) is 7.92. The summed E-state index contributed by atoms with van der Waals surface area (Å²) in [5, 5.41) is 0. The number of hydrogen-bond donors (Lipinski definition) is 0. The monoisotopic (exact) mass is 262 g/mol. The summed E-state index contributed by atoms with van der Waals surface area (Å²) >= 11 is 0. The molecular formula is C16H23FN2. The van der Waals surface area contributed by atoms with E-state index in [-0.39, 0.29) is 5.82 Å². The summed E-state index contributed by atoms with van der Waals surface area (Å²) < 4.78 is 13.6. The molecule has 3 rings (SSSR count). The Hall–Kier alpha value is -0.930. The van der Waals surface area contributed by atoms with Crippen LogP contribution in [0.3, 0.4) is 0 Å². The van der Waals surface area contributed by atoms with E-state index in [2.05, 4.69) is 9.80 Å². The van der Waals surface area contributed by atoms with E-state index in [0.29, 0.717) is 0 Å². The minimum absolute atomic E-state index is 0.0567. The number of piperazine rings is 1. The molecule has 0 amide bonds. The molecular weight excluding hydrogens is 239 g/mol. The Bertz CT molecular complexity index is 421. The predicted molar refractivity (Wildman–Crippen MR) is 75.8 cm³/mol. The first-order chi connectivity index (χ1) is 9.33. The van der Waals surface area contributed by atoms with Gasteiger partial charge in [-0.15, -0.1) is 0 Å². The van der Waals surface area contributed by atoms with Gasteiger partial charge in [0.2, 0.25) is 0 Å². The molecule has 0 saturated carbocycles. The van der Waals surface area contributed by atoms with Crippen LogP contribution in [-0.2, 0) is 6.42 Å². The maximum Gasteiger partial charge on any atom is 0.126 e. The van der Waals surface area contributed by atoms with Gasteiger partial charge in [-0.05, 0) is 37.4 Å². The molecule has 1 aromatic rings. The smallest absolute Gasteiger partial charge is 0.126 e. The first-order valence-electron chi connectivity index (χ1n) is 7.53. The molecule has 1 unspecified atom stereocenters. The van der Waals surface area contributed by atoms with E-state index in [4.69, 9.17) is 0 Å². The van der Waals surface area contributed by atoms with E-state index in [1.165, 1.54) is 38.9 Å². The van der Waals surface area contributed by atoms with Crippen molar-refractivity contribution in [2.24, 2.45) is 0 Å². The van der Waals surface area contributed by atoms with Crippen LogP contribution >= 0.6 is 0 Å². The fourth-order valence-electron chi connectivity index (χ4n) is 3.40. The van der Waals surface area contributed by atoms with Crippen LogP contribution in [0.15, 0.2) is 24.3 Å². The van der Waals surface area contributed by atoms with Gasteiger partial charge in [0.15, 0.2) is 0 Å². The maximum atomic E-state index is 13.6. The molecule has 3 heteroatoms. The van der Waals surface area contributed by atoms with Gasteiger partial charge >= 0.3 is 0 Å². The van der Waals surface area contributed by atoms with Crippen LogP contribution in [0.4, 0.5) is 4.39 Å². The third-order valence-corrected chi connectivity index (χ3v) is 4.58. The molecule has 2 saturated heterocycles. The van der Waals surface area contributed by atoms with Crippen molar-refractivity contribution in [3.8, 4) is 0 Å². The first-order valence-corrected chi connectivity index (χ1v) is 7.53. The Morgan fingerprint density at radius 1 is 1.11 bits per heavy atom. The molecule has 2 aliphatic heterocycles. The highest BCUT2D eigenvalue weighted by molar-refractivity contribution is 5.17. The van der Waals surface area contributed by atoms with E-state index < -0.39 is 0 Å². The highest BCUT2D eigenvalue weighted by Gasteiger charge is 2.28. The van der Waals surface area contributed by atoms with Crippen molar-refractivity contribution in [2.75, 3.05) is 32.7 Å². The zero-order valence-corrected chi connectivity index (χ0v) is 11.5. The van der Waals surface area contributed by atoms with Crippen LogP contribution in [0.25, 0.3) is 0 Å². The van der Waals surface area contributed by atoms with E-state index in [1.807, 2.05) is 12.1 Å². The Kier molecular flexibility index (Phi) is 4.14. The summed E-state index contributed by atoms with van der Waals surface area (Å²) in [5.74, 6) is -0.0567. The Labute approximate surface area is 115 Å². The van der Waals surface area contributed by atoms with Gasteiger partial charge in [-0.1, -0.05) is 24.6 Å².